The van der Waals surface area contributed by atoms with Crippen LogP contribution in [0.15, 0.2) is 5.49 Å². The van der Waals surface area contributed by atoms with Crippen molar-refractivity contribution < 1.29 is 6.48 Å². The van der Waals surface area contributed by atoms with Crippen LogP contribution in [0.4, 0.5) is 0 Å². The van der Waals surface area contributed by atoms with E-state index in [0.717, 1.165) is 11.5 Å². The number of aromatic nitrogens is 2. The second-order valence-corrected chi connectivity index (χ2v) is 2.40. The van der Waals surface area contributed by atoms with Crippen molar-refractivity contribution in [2.24, 2.45) is 0 Å². The Hall–Kier alpha value is -0.480. The molecule has 9 heavy (non-hydrogen) atoms. The van der Waals surface area contributed by atoms with Crippen LogP contribution in [0.1, 0.15) is 14.1 Å². The van der Waals surface area contributed by atoms with Crippen LogP contribution in [0.3, 0.4) is 0 Å². The molecule has 4 heteroatoms. The Morgan fingerprint density at radius 1 is 2.11 bits per heavy atom. The maximum absolute atomic E-state index is 8.88. The Bertz CT molecular complexity index is 213. The van der Waals surface area contributed by atoms with Gasteiger partial charge in [-0.3, -0.25) is 0 Å². The zero-order chi connectivity index (χ0) is 7.56. The number of hydrogen-bond acceptors (Lipinski definition) is 4. The Morgan fingerprint density at radius 2 is 2.89 bits per heavy atom. The molecule has 0 saturated heterocycles. The molecule has 50 valence electrons. The number of nitrogens with zero attached hydrogens (tertiary/aromatic N) is 2. The maximum Gasteiger partial charge on any atom is 0.144 e. The van der Waals surface area contributed by atoms with Crippen LogP contribution in [-0.2, 0) is 6.42 Å². The van der Waals surface area contributed by atoms with E-state index in [4.69, 9.17) is 6.48 Å². The Kier molecular flexibility index (Phi) is 1.71. The molecule has 1 N–H and O–H groups in total. The molecule has 0 aliphatic rings. The van der Waals surface area contributed by atoms with Gasteiger partial charge in [0.2, 0.25) is 0 Å². The molecule has 1 aromatic heterocycles. The normalized spacial score (nSPS) is 15.1. The van der Waals surface area contributed by atoms with Crippen molar-refractivity contribution in [1.82, 2.24) is 9.36 Å². The number of hydrogen-bond donors (Lipinski definition) is 1. The van der Waals surface area contributed by atoms with Crippen LogP contribution in [0.2, 0.25) is 0 Å². The highest BCUT2D eigenvalue weighted by molar-refractivity contribution is 7.03. The first-order valence-corrected chi connectivity index (χ1v) is 3.43. The summed E-state index contributed by atoms with van der Waals surface area (Å²) in [7, 11) is 0. The zero-order valence-electron chi connectivity index (χ0n) is 6.03. The smallest absolute Gasteiger partial charge is 0.144 e. The summed E-state index contributed by atoms with van der Waals surface area (Å²) in [5, 5.41) is 8.88. The molecule has 0 fully saturated rings. The molecule has 0 spiro atoms. The van der Waals surface area contributed by atoms with E-state index in [9.17, 15) is 0 Å². The SMILES string of the molecule is [2H]c1nc(CC(C)O)ns1. The van der Waals surface area contributed by atoms with Crippen LogP contribution >= 0.6 is 11.5 Å². The zero-order valence-corrected chi connectivity index (χ0v) is 5.85. The molecule has 1 rings (SSSR count). The van der Waals surface area contributed by atoms with Gasteiger partial charge in [-0.25, -0.2) is 4.98 Å². The molecule has 1 aromatic rings. The highest BCUT2D eigenvalue weighted by Crippen LogP contribution is 1.97. The van der Waals surface area contributed by atoms with Gasteiger partial charge in [0.15, 0.2) is 0 Å². The third-order valence-corrected chi connectivity index (χ3v) is 1.32. The third-order valence-electron chi connectivity index (χ3n) is 0.845. The van der Waals surface area contributed by atoms with E-state index in [1.165, 1.54) is 0 Å². The first kappa shape index (κ1) is 5.32. The molecular formula is C5H8N2OS. The van der Waals surface area contributed by atoms with Gasteiger partial charge in [-0.15, -0.1) is 0 Å². The lowest BCUT2D eigenvalue weighted by molar-refractivity contribution is 0.193. The van der Waals surface area contributed by atoms with Crippen LogP contribution in [-0.4, -0.2) is 20.6 Å². The molecule has 1 atom stereocenters. The minimum atomic E-state index is -0.422. The molecule has 0 aliphatic heterocycles. The molecule has 0 saturated carbocycles. The van der Waals surface area contributed by atoms with Gasteiger partial charge in [-0.1, -0.05) is 0 Å². The Morgan fingerprint density at radius 3 is 3.33 bits per heavy atom. The van der Waals surface area contributed by atoms with Crippen LogP contribution in [0.5, 0.6) is 0 Å². The van der Waals surface area contributed by atoms with Crippen molar-refractivity contribution in [3.63, 3.8) is 0 Å². The second-order valence-electron chi connectivity index (χ2n) is 1.86. The Balaban J connectivity index is 2.58. The number of aliphatic hydroxyl groups excluding tert-OH is 1. The van der Waals surface area contributed by atoms with E-state index in [1.54, 1.807) is 6.92 Å². The van der Waals surface area contributed by atoms with Crippen LogP contribution in [0.25, 0.3) is 0 Å². The van der Waals surface area contributed by atoms with Gasteiger partial charge in [0.1, 0.15) is 11.3 Å². The predicted molar refractivity (Wildman–Crippen MR) is 35.3 cm³/mol. The highest BCUT2D eigenvalue weighted by atomic mass is 32.1. The summed E-state index contributed by atoms with van der Waals surface area (Å²) in [4.78, 5) is 3.76. The van der Waals surface area contributed by atoms with Gasteiger partial charge in [-0.05, 0) is 18.5 Å². The van der Waals surface area contributed by atoms with Gasteiger partial charge in [0.05, 0.1) is 7.47 Å². The van der Waals surface area contributed by atoms with Gasteiger partial charge in [0.25, 0.3) is 0 Å². The summed E-state index contributed by atoms with van der Waals surface area (Å²) >= 11 is 1.04. The lowest BCUT2D eigenvalue weighted by Gasteiger charge is -1.95. The molecule has 0 radical (unpaired) electrons. The Labute approximate surface area is 58.9 Å². The van der Waals surface area contributed by atoms with Crippen molar-refractivity contribution in [1.29, 1.82) is 0 Å². The third kappa shape index (κ3) is 2.07. The maximum atomic E-state index is 8.88. The van der Waals surface area contributed by atoms with E-state index < -0.39 is 6.10 Å². The van der Waals surface area contributed by atoms with Gasteiger partial charge in [-0.2, -0.15) is 4.37 Å². The fourth-order valence-corrected chi connectivity index (χ4v) is 0.922. The summed E-state index contributed by atoms with van der Waals surface area (Å²) in [6, 6.07) is 0. The fraction of sp³-hybridized carbons (Fsp3) is 0.600. The predicted octanol–water partition coefficient (Wildman–Crippen LogP) is 0.461. The van der Waals surface area contributed by atoms with Crippen molar-refractivity contribution in [2.45, 2.75) is 19.4 Å². The quantitative estimate of drug-likeness (QED) is 0.657. The van der Waals surface area contributed by atoms with E-state index in [1.807, 2.05) is 0 Å². The second kappa shape index (κ2) is 2.89. The van der Waals surface area contributed by atoms with Crippen LogP contribution < -0.4 is 0 Å². The summed E-state index contributed by atoms with van der Waals surface area (Å²) in [6.07, 6.45) is 0.0176. The molecule has 1 unspecified atom stereocenters. The first-order chi connectivity index (χ1) is 4.68. The summed E-state index contributed by atoms with van der Waals surface area (Å²) in [6.45, 7) is 1.67. The average molecular weight is 145 g/mol. The van der Waals surface area contributed by atoms with Crippen molar-refractivity contribution >= 4 is 11.5 Å². The topological polar surface area (TPSA) is 46.0 Å². The standard InChI is InChI=1S/C5H8N2OS/c1-4(8)2-5-6-3-9-7-5/h3-4,8H,2H2,1H3/i3D. The van der Waals surface area contributed by atoms with Crippen LogP contribution in [0, 0.1) is 0 Å². The largest absolute Gasteiger partial charge is 0.393 e. The highest BCUT2D eigenvalue weighted by Gasteiger charge is 2.00. The molecule has 0 bridgehead atoms. The number of aliphatic hydroxyl groups is 1. The van der Waals surface area contributed by atoms with Crippen molar-refractivity contribution in [3.05, 3.63) is 11.3 Å². The molecule has 0 amide bonds. The molecule has 0 aromatic carbocycles. The van der Waals surface area contributed by atoms with E-state index in [2.05, 4.69) is 9.36 Å². The monoisotopic (exact) mass is 145 g/mol. The minimum absolute atomic E-state index is 0.204. The summed E-state index contributed by atoms with van der Waals surface area (Å²) in [5.74, 6) is 0.560. The van der Waals surface area contributed by atoms with Gasteiger partial charge >= 0.3 is 0 Å². The molecule has 3 nitrogen and oxygen atoms in total. The average Bonchev–Trinajstić information content (AvgIpc) is 2.13. The van der Waals surface area contributed by atoms with Gasteiger partial charge in [0, 0.05) is 6.42 Å². The van der Waals surface area contributed by atoms with E-state index in [-0.39, 0.29) is 5.49 Å². The lowest BCUT2D eigenvalue weighted by atomic mass is 10.3. The van der Waals surface area contributed by atoms with Crippen molar-refractivity contribution in [3.8, 4) is 0 Å². The van der Waals surface area contributed by atoms with Gasteiger partial charge < -0.3 is 5.11 Å². The van der Waals surface area contributed by atoms with Crippen molar-refractivity contribution in [2.75, 3.05) is 0 Å². The molecule has 1 heterocycles. The first-order valence-electron chi connectivity index (χ1n) is 3.15. The lowest BCUT2D eigenvalue weighted by Crippen LogP contribution is -2.05. The minimum Gasteiger partial charge on any atom is -0.393 e. The number of rotatable bonds is 2. The van der Waals surface area contributed by atoms with E-state index in [0.29, 0.717) is 12.2 Å². The summed E-state index contributed by atoms with van der Waals surface area (Å²) in [5.41, 5.74) is 0.204. The van der Waals surface area contributed by atoms with E-state index >= 15 is 0 Å². The molecular weight excluding hydrogens is 136 g/mol. The molecule has 0 aliphatic carbocycles. The summed E-state index contributed by atoms with van der Waals surface area (Å²) < 4.78 is 10.9. The fourth-order valence-electron chi connectivity index (χ4n) is 0.514.